The smallest absolute Gasteiger partial charge is 0.306 e. The van der Waals surface area contributed by atoms with Gasteiger partial charge in [0.05, 0.1) is 6.61 Å². The zero-order valence-corrected chi connectivity index (χ0v) is 38.8. The Hall–Kier alpha value is -2.14. The van der Waals surface area contributed by atoms with E-state index in [1.165, 1.54) is 154 Å². The Kier molecular flexibility index (Phi) is 47.4. The topological polar surface area (TPSA) is 61.8 Å². The molecule has 0 bridgehead atoms. The molecular formula is C53H96O5. The first-order valence-electron chi connectivity index (χ1n) is 25.2. The summed E-state index contributed by atoms with van der Waals surface area (Å²) in [6.07, 6.45) is 59.7. The molecule has 0 amide bonds. The van der Waals surface area contributed by atoms with Crippen molar-refractivity contribution in [3.05, 3.63) is 48.6 Å². The summed E-state index contributed by atoms with van der Waals surface area (Å²) in [4.78, 5) is 25.3. The number of carbonyl (C=O) groups excluding carboxylic acids is 2. The van der Waals surface area contributed by atoms with Gasteiger partial charge in [0, 0.05) is 19.4 Å². The highest BCUT2D eigenvalue weighted by atomic mass is 16.6. The third kappa shape index (κ3) is 46.5. The Morgan fingerprint density at radius 3 is 1.21 bits per heavy atom. The summed E-state index contributed by atoms with van der Waals surface area (Å²) in [5.74, 6) is -0.410. The number of carbonyl (C=O) groups is 2. The fraction of sp³-hybridized carbons (Fsp3) is 0.811. The Morgan fingerprint density at radius 1 is 0.379 bits per heavy atom. The number of ether oxygens (including phenoxy) is 3. The van der Waals surface area contributed by atoms with Crippen LogP contribution in [0.5, 0.6) is 0 Å². The van der Waals surface area contributed by atoms with Crippen LogP contribution in [0.15, 0.2) is 48.6 Å². The first-order valence-corrected chi connectivity index (χ1v) is 25.2. The Balaban J connectivity index is 4.27. The van der Waals surface area contributed by atoms with Crippen LogP contribution in [0.2, 0.25) is 0 Å². The second-order valence-electron chi connectivity index (χ2n) is 16.7. The third-order valence-corrected chi connectivity index (χ3v) is 10.8. The Morgan fingerprint density at radius 2 is 0.759 bits per heavy atom. The van der Waals surface area contributed by atoms with Gasteiger partial charge in [0.2, 0.25) is 0 Å². The number of allylic oxidation sites excluding steroid dienone is 8. The molecule has 0 heterocycles. The van der Waals surface area contributed by atoms with Gasteiger partial charge in [0.1, 0.15) is 6.61 Å². The summed E-state index contributed by atoms with van der Waals surface area (Å²) in [5.41, 5.74) is 0. The normalized spacial score (nSPS) is 12.5. The number of unbranched alkanes of at least 4 members (excludes halogenated alkanes) is 27. The fourth-order valence-corrected chi connectivity index (χ4v) is 7.06. The second-order valence-corrected chi connectivity index (χ2v) is 16.7. The lowest BCUT2D eigenvalue weighted by Gasteiger charge is -2.18. The number of esters is 2. The zero-order chi connectivity index (χ0) is 42.1. The molecule has 5 nitrogen and oxygen atoms in total. The minimum Gasteiger partial charge on any atom is -0.462 e. The highest BCUT2D eigenvalue weighted by Crippen LogP contribution is 2.15. The molecule has 0 aromatic rings. The highest BCUT2D eigenvalue weighted by Gasteiger charge is 2.17. The zero-order valence-electron chi connectivity index (χ0n) is 38.8. The van der Waals surface area contributed by atoms with Crippen LogP contribution < -0.4 is 0 Å². The molecule has 0 radical (unpaired) electrons. The van der Waals surface area contributed by atoms with Gasteiger partial charge in [-0.25, -0.2) is 0 Å². The summed E-state index contributed by atoms with van der Waals surface area (Å²) in [6, 6.07) is 0. The molecule has 0 aromatic carbocycles. The summed E-state index contributed by atoms with van der Waals surface area (Å²) < 4.78 is 17.4. The van der Waals surface area contributed by atoms with Gasteiger partial charge in [-0.2, -0.15) is 0 Å². The van der Waals surface area contributed by atoms with Crippen LogP contribution in [0.3, 0.4) is 0 Å². The Labute approximate surface area is 361 Å². The van der Waals surface area contributed by atoms with Gasteiger partial charge in [-0.3, -0.25) is 9.59 Å². The molecule has 0 aliphatic carbocycles. The van der Waals surface area contributed by atoms with Crippen LogP contribution in [0, 0.1) is 0 Å². The van der Waals surface area contributed by atoms with Crippen molar-refractivity contribution in [3.8, 4) is 0 Å². The van der Waals surface area contributed by atoms with Crippen molar-refractivity contribution in [2.24, 2.45) is 0 Å². The van der Waals surface area contributed by atoms with E-state index in [0.29, 0.717) is 19.4 Å². The molecule has 0 aliphatic heterocycles. The maximum Gasteiger partial charge on any atom is 0.306 e. The van der Waals surface area contributed by atoms with Gasteiger partial charge in [-0.05, 0) is 70.6 Å². The lowest BCUT2D eigenvalue weighted by molar-refractivity contribution is -0.163. The van der Waals surface area contributed by atoms with Gasteiger partial charge in [0.25, 0.3) is 0 Å². The maximum atomic E-state index is 12.8. The van der Waals surface area contributed by atoms with Crippen molar-refractivity contribution in [1.29, 1.82) is 0 Å². The van der Waals surface area contributed by atoms with E-state index in [2.05, 4.69) is 69.4 Å². The average Bonchev–Trinajstić information content (AvgIpc) is 3.22. The van der Waals surface area contributed by atoms with Crippen molar-refractivity contribution < 1.29 is 23.8 Å². The van der Waals surface area contributed by atoms with Crippen LogP contribution in [-0.4, -0.2) is 37.9 Å². The molecule has 5 heteroatoms. The summed E-state index contributed by atoms with van der Waals surface area (Å²) in [5, 5.41) is 0. The molecule has 0 aliphatic rings. The van der Waals surface area contributed by atoms with Gasteiger partial charge in [-0.15, -0.1) is 0 Å². The highest BCUT2D eigenvalue weighted by molar-refractivity contribution is 5.70. The van der Waals surface area contributed by atoms with Crippen LogP contribution in [-0.2, 0) is 23.8 Å². The van der Waals surface area contributed by atoms with Gasteiger partial charge >= 0.3 is 11.9 Å². The van der Waals surface area contributed by atoms with Crippen LogP contribution >= 0.6 is 0 Å². The standard InChI is InChI=1S/C53H96O5/c1-4-7-10-13-16-19-22-25-27-29-31-34-37-40-43-46-52(54)57-50-51(49-56-48-45-42-39-36-33-30-26-23-20-17-14-11-8-5-2)58-53(55)47-44-41-38-35-32-28-24-21-18-15-12-9-6-3/h11-12,14-15,20-21,23-24,51H,4-10,13,16-19,22,25-50H2,1-3H3/b14-11-,15-12-,23-20-,24-21-. The van der Waals surface area contributed by atoms with E-state index in [4.69, 9.17) is 14.2 Å². The third-order valence-electron chi connectivity index (χ3n) is 10.8. The lowest BCUT2D eigenvalue weighted by Crippen LogP contribution is -2.30. The van der Waals surface area contributed by atoms with E-state index >= 15 is 0 Å². The molecule has 58 heavy (non-hydrogen) atoms. The van der Waals surface area contributed by atoms with Crippen molar-refractivity contribution in [3.63, 3.8) is 0 Å². The number of rotatable bonds is 46. The molecule has 1 unspecified atom stereocenters. The predicted octanol–water partition coefficient (Wildman–Crippen LogP) is 16.8. The molecule has 338 valence electrons. The molecule has 0 saturated carbocycles. The summed E-state index contributed by atoms with van der Waals surface area (Å²) >= 11 is 0. The molecule has 1 atom stereocenters. The first-order chi connectivity index (χ1) is 28.6. The molecule has 0 spiro atoms. The molecule has 0 saturated heterocycles. The maximum absolute atomic E-state index is 12.8. The van der Waals surface area contributed by atoms with Gasteiger partial charge in [-0.1, -0.05) is 217 Å². The Bertz CT molecular complexity index is 966. The lowest BCUT2D eigenvalue weighted by atomic mass is 10.0. The first kappa shape index (κ1) is 55.9. The minimum absolute atomic E-state index is 0.0781. The minimum atomic E-state index is -0.545. The van der Waals surface area contributed by atoms with Crippen molar-refractivity contribution >= 4 is 11.9 Å². The van der Waals surface area contributed by atoms with Crippen LogP contribution in [0.1, 0.15) is 252 Å². The van der Waals surface area contributed by atoms with Crippen molar-refractivity contribution in [2.45, 2.75) is 258 Å². The van der Waals surface area contributed by atoms with E-state index in [-0.39, 0.29) is 25.2 Å². The summed E-state index contributed by atoms with van der Waals surface area (Å²) in [7, 11) is 0. The van der Waals surface area contributed by atoms with Crippen molar-refractivity contribution in [2.75, 3.05) is 19.8 Å². The van der Waals surface area contributed by atoms with Gasteiger partial charge in [0.15, 0.2) is 6.10 Å². The SMILES string of the molecule is CCC/C=C\C/C=C\CCCCCCCCOCC(COC(=O)CCCCCCCCCCCCCCCCC)OC(=O)CCCCCCC/C=C\C/C=C\CCC. The number of hydrogen-bond donors (Lipinski definition) is 0. The molecular weight excluding hydrogens is 717 g/mol. The fourth-order valence-electron chi connectivity index (χ4n) is 7.06. The monoisotopic (exact) mass is 813 g/mol. The van der Waals surface area contributed by atoms with E-state index in [0.717, 1.165) is 64.2 Å². The quantitative estimate of drug-likeness (QED) is 0.0348. The number of hydrogen-bond acceptors (Lipinski definition) is 5. The molecule has 0 rings (SSSR count). The van der Waals surface area contributed by atoms with E-state index in [9.17, 15) is 9.59 Å². The molecule has 0 N–H and O–H groups in total. The van der Waals surface area contributed by atoms with E-state index < -0.39 is 6.10 Å². The molecule has 0 fully saturated rings. The van der Waals surface area contributed by atoms with Gasteiger partial charge < -0.3 is 14.2 Å². The summed E-state index contributed by atoms with van der Waals surface area (Å²) in [6.45, 7) is 7.69. The van der Waals surface area contributed by atoms with Crippen LogP contribution in [0.4, 0.5) is 0 Å². The average molecular weight is 813 g/mol. The second kappa shape index (κ2) is 49.2. The molecule has 0 aromatic heterocycles. The predicted molar refractivity (Wildman–Crippen MR) is 251 cm³/mol. The largest absolute Gasteiger partial charge is 0.462 e. The van der Waals surface area contributed by atoms with E-state index in [1.54, 1.807) is 0 Å². The van der Waals surface area contributed by atoms with Crippen molar-refractivity contribution in [1.82, 2.24) is 0 Å². The van der Waals surface area contributed by atoms with Crippen LogP contribution in [0.25, 0.3) is 0 Å². The van der Waals surface area contributed by atoms with E-state index in [1.807, 2.05) is 0 Å².